The van der Waals surface area contributed by atoms with Crippen molar-refractivity contribution in [2.45, 2.75) is 25.1 Å². The third-order valence-corrected chi connectivity index (χ3v) is 4.64. The second-order valence-corrected chi connectivity index (χ2v) is 6.50. The zero-order valence-electron chi connectivity index (χ0n) is 14.1. The first kappa shape index (κ1) is 17.5. The van der Waals surface area contributed by atoms with Gasteiger partial charge in [0.1, 0.15) is 6.61 Å². The molecule has 0 spiro atoms. The monoisotopic (exact) mass is 340 g/mol. The Balaban J connectivity index is 1.77. The topological polar surface area (TPSA) is 75.8 Å². The van der Waals surface area contributed by atoms with E-state index in [1.807, 2.05) is 60.7 Å². The van der Waals surface area contributed by atoms with Gasteiger partial charge in [0.15, 0.2) is 0 Å². The number of aliphatic hydroxyl groups is 1. The van der Waals surface area contributed by atoms with Crippen LogP contribution in [0.25, 0.3) is 0 Å². The van der Waals surface area contributed by atoms with Crippen LogP contribution in [0.1, 0.15) is 23.6 Å². The number of hydrogen-bond donors (Lipinski definition) is 2. The van der Waals surface area contributed by atoms with Gasteiger partial charge in [-0.1, -0.05) is 60.7 Å². The smallest absolute Gasteiger partial charge is 0.410 e. The molecule has 0 radical (unpaired) electrons. The van der Waals surface area contributed by atoms with E-state index in [1.54, 1.807) is 4.90 Å². The highest BCUT2D eigenvalue weighted by Crippen LogP contribution is 2.33. The van der Waals surface area contributed by atoms with Crippen molar-refractivity contribution < 1.29 is 14.6 Å². The maximum Gasteiger partial charge on any atom is 0.410 e. The number of carbonyl (C=O) groups is 1. The standard InChI is InChI=1S/C20H24N2O3/c21-18-11-16(13-23)12-22(19(18)17-9-5-2-6-10-17)20(24)25-14-15-7-3-1-4-8-15/h1-10,16,18-19,23H,11-14,21H2/t16-,18+,19-/m0/s1. The fourth-order valence-corrected chi connectivity index (χ4v) is 3.41. The van der Waals surface area contributed by atoms with Crippen molar-refractivity contribution in [3.63, 3.8) is 0 Å². The van der Waals surface area contributed by atoms with E-state index >= 15 is 0 Å². The Bertz CT molecular complexity index is 678. The lowest BCUT2D eigenvalue weighted by atomic mass is 9.86. The van der Waals surface area contributed by atoms with Gasteiger partial charge in [-0.25, -0.2) is 4.79 Å². The van der Waals surface area contributed by atoms with Crippen LogP contribution in [0.2, 0.25) is 0 Å². The number of likely N-dealkylation sites (tertiary alicyclic amines) is 1. The molecule has 3 rings (SSSR count). The molecule has 0 saturated carbocycles. The normalized spacial score (nSPS) is 23.3. The Morgan fingerprint density at radius 2 is 1.76 bits per heavy atom. The van der Waals surface area contributed by atoms with E-state index in [1.165, 1.54) is 0 Å². The van der Waals surface area contributed by atoms with Gasteiger partial charge >= 0.3 is 6.09 Å². The maximum atomic E-state index is 12.7. The minimum atomic E-state index is -0.397. The second kappa shape index (κ2) is 8.14. The average molecular weight is 340 g/mol. The molecule has 5 nitrogen and oxygen atoms in total. The molecule has 1 fully saturated rings. The first-order valence-corrected chi connectivity index (χ1v) is 8.57. The molecule has 1 aliphatic rings. The number of benzene rings is 2. The molecule has 0 unspecified atom stereocenters. The maximum absolute atomic E-state index is 12.7. The molecule has 25 heavy (non-hydrogen) atoms. The van der Waals surface area contributed by atoms with Gasteiger partial charge in [0.05, 0.1) is 6.04 Å². The molecule has 1 saturated heterocycles. The summed E-state index contributed by atoms with van der Waals surface area (Å²) in [7, 11) is 0. The Morgan fingerprint density at radius 3 is 2.40 bits per heavy atom. The number of nitrogens with zero attached hydrogens (tertiary/aromatic N) is 1. The van der Waals surface area contributed by atoms with Crippen molar-refractivity contribution in [2.75, 3.05) is 13.2 Å². The summed E-state index contributed by atoms with van der Waals surface area (Å²) in [5.41, 5.74) is 8.28. The number of amides is 1. The minimum Gasteiger partial charge on any atom is -0.445 e. The van der Waals surface area contributed by atoms with E-state index in [0.717, 1.165) is 11.1 Å². The number of aliphatic hydroxyl groups excluding tert-OH is 1. The van der Waals surface area contributed by atoms with E-state index in [4.69, 9.17) is 10.5 Å². The first-order valence-electron chi connectivity index (χ1n) is 8.57. The molecule has 1 aliphatic heterocycles. The predicted octanol–water partition coefficient (Wildman–Crippen LogP) is 2.71. The molecule has 0 aromatic heterocycles. The van der Waals surface area contributed by atoms with Crippen LogP contribution in [0, 0.1) is 5.92 Å². The molecule has 0 aliphatic carbocycles. The van der Waals surface area contributed by atoms with Gasteiger partial charge < -0.3 is 15.6 Å². The van der Waals surface area contributed by atoms with Gasteiger partial charge in [0.25, 0.3) is 0 Å². The lowest BCUT2D eigenvalue weighted by Gasteiger charge is -2.42. The molecule has 1 heterocycles. The van der Waals surface area contributed by atoms with Gasteiger partial charge in [0.2, 0.25) is 0 Å². The van der Waals surface area contributed by atoms with Crippen LogP contribution < -0.4 is 5.73 Å². The summed E-state index contributed by atoms with van der Waals surface area (Å²) >= 11 is 0. The summed E-state index contributed by atoms with van der Waals surface area (Å²) in [4.78, 5) is 14.4. The largest absolute Gasteiger partial charge is 0.445 e. The number of rotatable bonds is 4. The van der Waals surface area contributed by atoms with Crippen LogP contribution in [-0.4, -0.2) is 35.3 Å². The van der Waals surface area contributed by atoms with Crippen LogP contribution in [-0.2, 0) is 11.3 Å². The summed E-state index contributed by atoms with van der Waals surface area (Å²) in [5, 5.41) is 9.54. The summed E-state index contributed by atoms with van der Waals surface area (Å²) in [5.74, 6) is -0.0285. The lowest BCUT2D eigenvalue weighted by Crippen LogP contribution is -2.52. The Labute approximate surface area is 148 Å². The third-order valence-electron chi connectivity index (χ3n) is 4.64. The van der Waals surface area contributed by atoms with E-state index in [2.05, 4.69) is 0 Å². The minimum absolute atomic E-state index is 0.0116. The van der Waals surface area contributed by atoms with Crippen LogP contribution >= 0.6 is 0 Å². The Hall–Kier alpha value is -2.37. The summed E-state index contributed by atoms with van der Waals surface area (Å²) in [6, 6.07) is 18.9. The zero-order chi connectivity index (χ0) is 17.6. The van der Waals surface area contributed by atoms with Crippen LogP contribution in [0.15, 0.2) is 60.7 Å². The van der Waals surface area contributed by atoms with Crippen molar-refractivity contribution >= 4 is 6.09 Å². The van der Waals surface area contributed by atoms with Crippen molar-refractivity contribution in [1.29, 1.82) is 0 Å². The summed E-state index contributed by atoms with van der Waals surface area (Å²) < 4.78 is 5.51. The molecule has 2 aromatic rings. The Kier molecular flexibility index (Phi) is 5.68. The predicted molar refractivity (Wildman–Crippen MR) is 95.7 cm³/mol. The Morgan fingerprint density at radius 1 is 1.12 bits per heavy atom. The van der Waals surface area contributed by atoms with Gasteiger partial charge in [-0.05, 0) is 17.5 Å². The molecular weight excluding hydrogens is 316 g/mol. The fraction of sp³-hybridized carbons (Fsp3) is 0.350. The molecule has 2 aromatic carbocycles. The van der Waals surface area contributed by atoms with Gasteiger partial charge in [-0.15, -0.1) is 0 Å². The quantitative estimate of drug-likeness (QED) is 0.897. The van der Waals surface area contributed by atoms with E-state index < -0.39 is 6.09 Å². The SMILES string of the molecule is N[C@@H]1C[C@H](CO)CN(C(=O)OCc2ccccc2)[C@H]1c1ccccc1. The third kappa shape index (κ3) is 4.18. The van der Waals surface area contributed by atoms with Crippen LogP contribution in [0.5, 0.6) is 0 Å². The van der Waals surface area contributed by atoms with Crippen LogP contribution in [0.3, 0.4) is 0 Å². The van der Waals surface area contributed by atoms with Gasteiger partial charge in [-0.3, -0.25) is 4.90 Å². The number of carbonyl (C=O) groups excluding carboxylic acids is 1. The molecule has 3 N–H and O–H groups in total. The van der Waals surface area contributed by atoms with Crippen molar-refractivity contribution in [3.05, 3.63) is 71.8 Å². The zero-order valence-corrected chi connectivity index (χ0v) is 14.1. The first-order chi connectivity index (χ1) is 12.2. The van der Waals surface area contributed by atoms with E-state index in [-0.39, 0.29) is 31.2 Å². The molecule has 132 valence electrons. The highest BCUT2D eigenvalue weighted by Gasteiger charge is 2.38. The fourth-order valence-electron chi connectivity index (χ4n) is 3.41. The van der Waals surface area contributed by atoms with Gasteiger partial charge in [-0.2, -0.15) is 0 Å². The van der Waals surface area contributed by atoms with E-state index in [0.29, 0.717) is 13.0 Å². The molecule has 3 atom stereocenters. The highest BCUT2D eigenvalue weighted by molar-refractivity contribution is 5.69. The van der Waals surface area contributed by atoms with Crippen molar-refractivity contribution in [1.82, 2.24) is 4.90 Å². The number of ether oxygens (including phenoxy) is 1. The van der Waals surface area contributed by atoms with Crippen molar-refractivity contribution in [2.24, 2.45) is 11.7 Å². The van der Waals surface area contributed by atoms with Gasteiger partial charge in [0, 0.05) is 25.1 Å². The second-order valence-electron chi connectivity index (χ2n) is 6.50. The van der Waals surface area contributed by atoms with E-state index in [9.17, 15) is 9.90 Å². The molecular formula is C20H24N2O3. The van der Waals surface area contributed by atoms with Crippen LogP contribution in [0.4, 0.5) is 4.79 Å². The number of nitrogens with two attached hydrogens (primary N) is 1. The number of hydrogen-bond acceptors (Lipinski definition) is 4. The molecule has 1 amide bonds. The average Bonchev–Trinajstić information content (AvgIpc) is 2.67. The highest BCUT2D eigenvalue weighted by atomic mass is 16.6. The summed E-state index contributed by atoms with van der Waals surface area (Å²) in [6.07, 6.45) is 0.282. The molecule has 5 heteroatoms. The lowest BCUT2D eigenvalue weighted by molar-refractivity contribution is 0.0343. The summed E-state index contributed by atoms with van der Waals surface area (Å²) in [6.45, 7) is 0.672. The molecule has 0 bridgehead atoms. The van der Waals surface area contributed by atoms with Crippen molar-refractivity contribution in [3.8, 4) is 0 Å². The number of piperidine rings is 1.